The van der Waals surface area contributed by atoms with E-state index in [0.29, 0.717) is 24.3 Å². The molecule has 4 heteroatoms. The van der Waals surface area contributed by atoms with Crippen molar-refractivity contribution in [3.8, 4) is 0 Å². The third-order valence-corrected chi connectivity index (χ3v) is 4.66. The molecule has 19 heavy (non-hydrogen) atoms. The van der Waals surface area contributed by atoms with Crippen molar-refractivity contribution in [2.75, 3.05) is 26.7 Å². The molecule has 0 radical (unpaired) electrons. The molecule has 2 fully saturated rings. The summed E-state index contributed by atoms with van der Waals surface area (Å²) < 4.78 is 5.68. The lowest BCUT2D eigenvalue weighted by Gasteiger charge is -2.39. The zero-order valence-electron chi connectivity index (χ0n) is 12.4. The highest BCUT2D eigenvalue weighted by atomic mass is 16.5. The topological polar surface area (TPSA) is 41.6 Å². The molecule has 2 heterocycles. The lowest BCUT2D eigenvalue weighted by atomic mass is 9.89. The first-order chi connectivity index (χ1) is 9.24. The Labute approximate surface area is 116 Å². The van der Waals surface area contributed by atoms with Gasteiger partial charge in [-0.1, -0.05) is 13.3 Å². The smallest absolute Gasteiger partial charge is 0.225 e. The van der Waals surface area contributed by atoms with Crippen molar-refractivity contribution in [2.24, 2.45) is 5.92 Å². The summed E-state index contributed by atoms with van der Waals surface area (Å²) >= 11 is 0. The lowest BCUT2D eigenvalue weighted by molar-refractivity contribution is -0.137. The fourth-order valence-electron chi connectivity index (χ4n) is 3.34. The summed E-state index contributed by atoms with van der Waals surface area (Å²) in [5.41, 5.74) is 0. The molecule has 2 aliphatic rings. The minimum absolute atomic E-state index is 0.170. The SMILES string of the molecule is CCC1CN(C(=O)CC2CCCCO2)CCC1NC. The van der Waals surface area contributed by atoms with Gasteiger partial charge in [-0.2, -0.15) is 0 Å². The van der Waals surface area contributed by atoms with Crippen molar-refractivity contribution in [3.63, 3.8) is 0 Å². The quantitative estimate of drug-likeness (QED) is 0.845. The lowest BCUT2D eigenvalue weighted by Crippen LogP contribution is -2.50. The van der Waals surface area contributed by atoms with Gasteiger partial charge in [-0.3, -0.25) is 4.79 Å². The first kappa shape index (κ1) is 14.8. The predicted molar refractivity (Wildman–Crippen MR) is 76.0 cm³/mol. The Morgan fingerprint density at radius 3 is 2.84 bits per heavy atom. The standard InChI is InChI=1S/C15H28N2O2/c1-3-12-11-17(8-7-14(12)16-2)15(18)10-13-6-4-5-9-19-13/h12-14,16H,3-11H2,1-2H3. The molecule has 1 N–H and O–H groups in total. The first-order valence-electron chi connectivity index (χ1n) is 7.81. The van der Waals surface area contributed by atoms with Gasteiger partial charge in [-0.25, -0.2) is 0 Å². The Bertz CT molecular complexity index is 290. The van der Waals surface area contributed by atoms with Crippen LogP contribution in [0.15, 0.2) is 0 Å². The Balaban J connectivity index is 1.82. The second kappa shape index (κ2) is 7.25. The number of likely N-dealkylation sites (tertiary alicyclic amines) is 1. The third kappa shape index (κ3) is 3.93. The van der Waals surface area contributed by atoms with Gasteiger partial charge in [0.15, 0.2) is 0 Å². The van der Waals surface area contributed by atoms with Crippen molar-refractivity contribution in [2.45, 2.75) is 57.6 Å². The Hall–Kier alpha value is -0.610. The van der Waals surface area contributed by atoms with Crippen LogP contribution in [0.2, 0.25) is 0 Å². The third-order valence-electron chi connectivity index (χ3n) is 4.66. The van der Waals surface area contributed by atoms with Gasteiger partial charge in [0, 0.05) is 25.7 Å². The fraction of sp³-hybridized carbons (Fsp3) is 0.933. The van der Waals surface area contributed by atoms with E-state index in [1.54, 1.807) is 0 Å². The van der Waals surface area contributed by atoms with Crippen molar-refractivity contribution in [1.82, 2.24) is 10.2 Å². The summed E-state index contributed by atoms with van der Waals surface area (Å²) in [4.78, 5) is 14.4. The molecule has 2 aliphatic heterocycles. The van der Waals surface area contributed by atoms with E-state index in [0.717, 1.165) is 45.4 Å². The molecule has 0 aliphatic carbocycles. The van der Waals surface area contributed by atoms with Crippen LogP contribution in [0.1, 0.15) is 45.4 Å². The largest absolute Gasteiger partial charge is 0.378 e. The molecular formula is C15H28N2O2. The van der Waals surface area contributed by atoms with Crippen LogP contribution in [0.3, 0.4) is 0 Å². The van der Waals surface area contributed by atoms with E-state index in [-0.39, 0.29) is 6.10 Å². The highest BCUT2D eigenvalue weighted by Crippen LogP contribution is 2.22. The number of rotatable bonds is 4. The summed E-state index contributed by atoms with van der Waals surface area (Å²) in [5.74, 6) is 0.884. The van der Waals surface area contributed by atoms with Gasteiger partial charge in [0.2, 0.25) is 5.91 Å². The maximum atomic E-state index is 12.3. The molecule has 0 saturated carbocycles. The van der Waals surface area contributed by atoms with Gasteiger partial charge in [-0.15, -0.1) is 0 Å². The minimum atomic E-state index is 0.170. The maximum absolute atomic E-state index is 12.3. The van der Waals surface area contributed by atoms with E-state index in [1.165, 1.54) is 6.42 Å². The van der Waals surface area contributed by atoms with Gasteiger partial charge in [0.1, 0.15) is 0 Å². The molecule has 0 aromatic rings. The zero-order chi connectivity index (χ0) is 13.7. The van der Waals surface area contributed by atoms with E-state index in [4.69, 9.17) is 4.74 Å². The number of nitrogens with zero attached hydrogens (tertiary/aromatic N) is 1. The molecule has 1 amide bonds. The van der Waals surface area contributed by atoms with E-state index in [9.17, 15) is 4.79 Å². The normalized spacial score (nSPS) is 32.3. The van der Waals surface area contributed by atoms with E-state index < -0.39 is 0 Å². The number of hydrogen-bond acceptors (Lipinski definition) is 3. The molecule has 2 rings (SSSR count). The van der Waals surface area contributed by atoms with Crippen LogP contribution >= 0.6 is 0 Å². The van der Waals surface area contributed by atoms with Gasteiger partial charge in [0.25, 0.3) is 0 Å². The molecule has 2 saturated heterocycles. The Morgan fingerprint density at radius 2 is 2.21 bits per heavy atom. The van der Waals surface area contributed by atoms with E-state index >= 15 is 0 Å². The molecule has 0 spiro atoms. The van der Waals surface area contributed by atoms with E-state index in [2.05, 4.69) is 17.1 Å². The van der Waals surface area contributed by atoms with Crippen LogP contribution in [-0.4, -0.2) is 49.7 Å². The number of piperidine rings is 1. The Kier molecular flexibility index (Phi) is 5.64. The molecule has 110 valence electrons. The molecular weight excluding hydrogens is 240 g/mol. The second-order valence-electron chi connectivity index (χ2n) is 5.88. The predicted octanol–water partition coefficient (Wildman–Crippen LogP) is 1.79. The van der Waals surface area contributed by atoms with Crippen LogP contribution in [0.5, 0.6) is 0 Å². The van der Waals surface area contributed by atoms with Crippen LogP contribution in [0, 0.1) is 5.92 Å². The minimum Gasteiger partial charge on any atom is -0.378 e. The zero-order valence-corrected chi connectivity index (χ0v) is 12.4. The molecule has 0 aromatic carbocycles. The highest BCUT2D eigenvalue weighted by molar-refractivity contribution is 5.76. The van der Waals surface area contributed by atoms with Crippen LogP contribution in [-0.2, 0) is 9.53 Å². The van der Waals surface area contributed by atoms with Crippen LogP contribution < -0.4 is 5.32 Å². The van der Waals surface area contributed by atoms with Gasteiger partial charge in [0.05, 0.1) is 12.5 Å². The monoisotopic (exact) mass is 268 g/mol. The molecule has 4 nitrogen and oxygen atoms in total. The van der Waals surface area contributed by atoms with Crippen molar-refractivity contribution in [1.29, 1.82) is 0 Å². The van der Waals surface area contributed by atoms with Gasteiger partial charge < -0.3 is 15.0 Å². The summed E-state index contributed by atoms with van der Waals surface area (Å²) in [7, 11) is 2.03. The number of ether oxygens (including phenoxy) is 1. The second-order valence-corrected chi connectivity index (χ2v) is 5.88. The number of carbonyl (C=O) groups is 1. The Morgan fingerprint density at radius 1 is 1.37 bits per heavy atom. The highest BCUT2D eigenvalue weighted by Gasteiger charge is 2.30. The fourth-order valence-corrected chi connectivity index (χ4v) is 3.34. The molecule has 0 bridgehead atoms. The summed E-state index contributed by atoms with van der Waals surface area (Å²) in [5, 5.41) is 3.38. The average Bonchev–Trinajstić information content (AvgIpc) is 2.47. The number of hydrogen-bond donors (Lipinski definition) is 1. The summed E-state index contributed by atoms with van der Waals surface area (Å²) in [6.45, 7) is 4.85. The summed E-state index contributed by atoms with van der Waals surface area (Å²) in [6.07, 6.45) is 6.37. The first-order valence-corrected chi connectivity index (χ1v) is 7.81. The summed E-state index contributed by atoms with van der Waals surface area (Å²) in [6, 6.07) is 0.569. The number of carbonyl (C=O) groups excluding carboxylic acids is 1. The molecule has 3 unspecified atom stereocenters. The van der Waals surface area contributed by atoms with Crippen molar-refractivity contribution in [3.05, 3.63) is 0 Å². The van der Waals surface area contributed by atoms with Crippen LogP contribution in [0.4, 0.5) is 0 Å². The average molecular weight is 268 g/mol. The van der Waals surface area contributed by atoms with Crippen LogP contribution in [0.25, 0.3) is 0 Å². The van der Waals surface area contributed by atoms with Crippen molar-refractivity contribution < 1.29 is 9.53 Å². The molecule has 3 atom stereocenters. The maximum Gasteiger partial charge on any atom is 0.225 e. The van der Waals surface area contributed by atoms with Gasteiger partial charge in [-0.05, 0) is 38.6 Å². The van der Waals surface area contributed by atoms with E-state index in [1.807, 2.05) is 7.05 Å². The van der Waals surface area contributed by atoms with Crippen molar-refractivity contribution >= 4 is 5.91 Å². The number of nitrogens with one attached hydrogen (secondary N) is 1. The number of amides is 1. The van der Waals surface area contributed by atoms with Gasteiger partial charge >= 0.3 is 0 Å². The molecule has 0 aromatic heterocycles.